The van der Waals surface area contributed by atoms with Crippen LogP contribution in [-0.4, -0.2) is 64.6 Å². The average molecular weight is 645 g/mol. The maximum Gasteiger partial charge on any atom is 0.407 e. The lowest BCUT2D eigenvalue weighted by Gasteiger charge is -2.17. The third-order valence-electron chi connectivity index (χ3n) is 6.50. The highest BCUT2D eigenvalue weighted by Crippen LogP contribution is 2.34. The van der Waals surface area contributed by atoms with Crippen molar-refractivity contribution in [2.45, 2.75) is 25.4 Å². The van der Waals surface area contributed by atoms with Gasteiger partial charge in [0.2, 0.25) is 17.6 Å². The van der Waals surface area contributed by atoms with Crippen molar-refractivity contribution >= 4 is 34.6 Å². The molecule has 3 amide bonds. The van der Waals surface area contributed by atoms with Crippen LogP contribution < -0.4 is 20.9 Å². The van der Waals surface area contributed by atoms with Gasteiger partial charge in [0.1, 0.15) is 28.9 Å². The summed E-state index contributed by atoms with van der Waals surface area (Å²) in [6, 6.07) is 4.73. The number of H-pyrrole nitrogens is 1. The number of carbonyl (C=O) groups is 3. The molecule has 0 aliphatic carbocycles. The molecule has 4 aromatic rings. The SMILES string of the molecule is COC(=O)N[C@@H](CC/C=C/C(=O)N(C)C)C(=O)Nc1cccn(Cc2nc3c(Oc4ccc(F)cc4F)c(F)c(F)cc3[nH]2)c1=O. The van der Waals surface area contributed by atoms with Crippen LogP contribution in [0.1, 0.15) is 18.7 Å². The number of nitrogens with one attached hydrogen (secondary N) is 3. The van der Waals surface area contributed by atoms with Crippen LogP contribution in [0.15, 0.2) is 59.5 Å². The Balaban J connectivity index is 1.55. The number of fused-ring (bicyclic) bond motifs is 1. The predicted octanol–water partition coefficient (Wildman–Crippen LogP) is 4.21. The Morgan fingerprint density at radius 3 is 2.57 bits per heavy atom. The first-order valence-electron chi connectivity index (χ1n) is 13.6. The molecule has 1 atom stereocenters. The summed E-state index contributed by atoms with van der Waals surface area (Å²) in [6.45, 7) is -0.265. The van der Waals surface area contributed by atoms with E-state index in [1.54, 1.807) is 14.1 Å². The minimum Gasteiger partial charge on any atom is -0.453 e. The first kappa shape index (κ1) is 33.2. The van der Waals surface area contributed by atoms with Crippen LogP contribution in [0, 0.1) is 23.3 Å². The van der Waals surface area contributed by atoms with Gasteiger partial charge in [-0.2, -0.15) is 4.39 Å². The Hall–Kier alpha value is -5.67. The molecule has 2 aromatic heterocycles. The van der Waals surface area contributed by atoms with Crippen LogP contribution in [0.4, 0.5) is 28.0 Å². The van der Waals surface area contributed by atoms with Crippen molar-refractivity contribution in [3.63, 3.8) is 0 Å². The van der Waals surface area contributed by atoms with Crippen LogP contribution in [0.25, 0.3) is 11.0 Å². The van der Waals surface area contributed by atoms with Crippen LogP contribution >= 0.6 is 0 Å². The van der Waals surface area contributed by atoms with Crippen molar-refractivity contribution in [2.24, 2.45) is 0 Å². The molecule has 46 heavy (non-hydrogen) atoms. The molecule has 242 valence electrons. The number of allylic oxidation sites excluding steroid dienone is 1. The molecule has 0 saturated heterocycles. The molecule has 16 heteroatoms. The number of imidazole rings is 1. The summed E-state index contributed by atoms with van der Waals surface area (Å²) >= 11 is 0. The number of halogens is 4. The van der Waals surface area contributed by atoms with Gasteiger partial charge >= 0.3 is 6.09 Å². The molecule has 0 spiro atoms. The van der Waals surface area contributed by atoms with Crippen molar-refractivity contribution in [1.82, 2.24) is 24.8 Å². The van der Waals surface area contributed by atoms with E-state index in [9.17, 15) is 36.7 Å². The molecule has 0 saturated carbocycles. The molecule has 0 radical (unpaired) electrons. The Kier molecular flexibility index (Phi) is 10.4. The third-order valence-corrected chi connectivity index (χ3v) is 6.50. The number of ether oxygens (including phenoxy) is 2. The smallest absolute Gasteiger partial charge is 0.407 e. The van der Waals surface area contributed by atoms with Crippen molar-refractivity contribution in [3.05, 3.63) is 94.2 Å². The molecular weight excluding hydrogens is 616 g/mol. The number of methoxy groups -OCH3 is 1. The first-order valence-corrected chi connectivity index (χ1v) is 13.6. The zero-order chi connectivity index (χ0) is 33.5. The third kappa shape index (κ3) is 7.88. The van der Waals surface area contributed by atoms with E-state index < -0.39 is 58.4 Å². The van der Waals surface area contributed by atoms with Gasteiger partial charge in [-0.1, -0.05) is 6.08 Å². The Bertz CT molecular complexity index is 1870. The van der Waals surface area contributed by atoms with Crippen molar-refractivity contribution in [2.75, 3.05) is 26.5 Å². The number of hydrogen-bond acceptors (Lipinski definition) is 7. The van der Waals surface area contributed by atoms with E-state index in [1.165, 1.54) is 35.4 Å². The molecule has 0 unspecified atom stereocenters. The quantitative estimate of drug-likeness (QED) is 0.164. The number of hydrogen-bond donors (Lipinski definition) is 3. The van der Waals surface area contributed by atoms with Gasteiger partial charge in [0.15, 0.2) is 23.1 Å². The van der Waals surface area contributed by atoms with Gasteiger partial charge in [-0.15, -0.1) is 0 Å². The summed E-state index contributed by atoms with van der Waals surface area (Å²) in [7, 11) is 4.27. The number of aromatic nitrogens is 3. The summed E-state index contributed by atoms with van der Waals surface area (Å²) in [5.41, 5.74) is -1.12. The van der Waals surface area contributed by atoms with E-state index in [0.29, 0.717) is 6.07 Å². The van der Waals surface area contributed by atoms with Gasteiger partial charge in [-0.3, -0.25) is 14.4 Å². The van der Waals surface area contributed by atoms with Gasteiger partial charge in [0.25, 0.3) is 5.56 Å². The van der Waals surface area contributed by atoms with Gasteiger partial charge in [0.05, 0.1) is 19.2 Å². The molecule has 4 rings (SSSR count). The standard InChI is InChI=1S/C30H28F4N6O6/c1-39(2)24(41)9-5-4-7-19(37-30(44)45-3)28(42)36-20-8-6-12-40(29(20)43)15-23-35-21-14-18(33)25(34)27(26(21)38-23)46-22-11-10-16(31)13-17(22)32/h5-6,8-14,19H,4,7,15H2,1-3H3,(H,35,38)(H,36,42)(H,37,44)/b9-5+/t19-/m0/s1. The maximum atomic E-state index is 14.7. The summed E-state index contributed by atoms with van der Waals surface area (Å²) in [6.07, 6.45) is 3.64. The fraction of sp³-hybridized carbons (Fsp3) is 0.233. The lowest BCUT2D eigenvalue weighted by molar-refractivity contribution is -0.123. The van der Waals surface area contributed by atoms with Gasteiger partial charge in [0, 0.05) is 32.4 Å². The monoisotopic (exact) mass is 644 g/mol. The summed E-state index contributed by atoms with van der Waals surface area (Å²) < 4.78 is 67.5. The number of anilines is 1. The van der Waals surface area contributed by atoms with E-state index in [-0.39, 0.29) is 47.8 Å². The number of pyridine rings is 1. The summed E-state index contributed by atoms with van der Waals surface area (Å²) in [4.78, 5) is 58.2. The van der Waals surface area contributed by atoms with E-state index in [4.69, 9.17) is 4.74 Å². The predicted molar refractivity (Wildman–Crippen MR) is 157 cm³/mol. The maximum absolute atomic E-state index is 14.7. The largest absolute Gasteiger partial charge is 0.453 e. The minimum absolute atomic E-state index is 0.0398. The molecule has 2 aromatic carbocycles. The van der Waals surface area contributed by atoms with Crippen LogP contribution in [0.3, 0.4) is 0 Å². The normalized spacial score (nSPS) is 11.8. The Labute approximate surface area is 258 Å². The molecular formula is C30H28F4N6O6. The Morgan fingerprint density at radius 1 is 1.11 bits per heavy atom. The number of amides is 3. The second-order valence-corrected chi connectivity index (χ2v) is 10.0. The van der Waals surface area contributed by atoms with E-state index in [0.717, 1.165) is 29.9 Å². The van der Waals surface area contributed by atoms with Crippen molar-refractivity contribution in [1.29, 1.82) is 0 Å². The minimum atomic E-state index is -1.47. The van der Waals surface area contributed by atoms with Crippen molar-refractivity contribution in [3.8, 4) is 11.5 Å². The molecule has 3 N–H and O–H groups in total. The summed E-state index contributed by atoms with van der Waals surface area (Å²) in [5, 5.41) is 4.85. The number of alkyl carbamates (subject to hydrolysis) is 1. The van der Waals surface area contributed by atoms with E-state index >= 15 is 0 Å². The highest BCUT2D eigenvalue weighted by molar-refractivity contribution is 5.96. The zero-order valence-corrected chi connectivity index (χ0v) is 24.7. The van der Waals surface area contributed by atoms with Crippen LogP contribution in [0.5, 0.6) is 11.5 Å². The fourth-order valence-electron chi connectivity index (χ4n) is 4.16. The molecule has 2 heterocycles. The van der Waals surface area contributed by atoms with Crippen LogP contribution in [-0.2, 0) is 20.9 Å². The lowest BCUT2D eigenvalue weighted by Crippen LogP contribution is -2.44. The lowest BCUT2D eigenvalue weighted by atomic mass is 10.1. The summed E-state index contributed by atoms with van der Waals surface area (Å²) in [5.74, 6) is -7.16. The second-order valence-electron chi connectivity index (χ2n) is 10.0. The number of likely N-dealkylation sites (N-methyl/N-ethyl adjacent to an activating group) is 1. The number of rotatable bonds is 11. The molecule has 12 nitrogen and oxygen atoms in total. The van der Waals surface area contributed by atoms with E-state index in [1.807, 2.05) is 0 Å². The highest BCUT2D eigenvalue weighted by Gasteiger charge is 2.23. The second kappa shape index (κ2) is 14.4. The number of aromatic amines is 1. The topological polar surface area (TPSA) is 148 Å². The first-order chi connectivity index (χ1) is 21.9. The fourth-order valence-corrected chi connectivity index (χ4v) is 4.16. The number of nitrogens with zero attached hydrogens (tertiary/aromatic N) is 3. The van der Waals surface area contributed by atoms with Crippen molar-refractivity contribution < 1.29 is 41.4 Å². The molecule has 0 aliphatic rings. The molecule has 0 fully saturated rings. The van der Waals surface area contributed by atoms with Gasteiger partial charge in [-0.05, 0) is 43.2 Å². The Morgan fingerprint density at radius 2 is 1.87 bits per heavy atom. The number of benzene rings is 2. The van der Waals surface area contributed by atoms with Gasteiger partial charge in [-0.25, -0.2) is 22.9 Å². The zero-order valence-electron chi connectivity index (χ0n) is 24.7. The average Bonchev–Trinajstić information content (AvgIpc) is 3.41. The molecule has 0 bridgehead atoms. The van der Waals surface area contributed by atoms with Gasteiger partial charge < -0.3 is 34.6 Å². The van der Waals surface area contributed by atoms with Crippen LogP contribution in [0.2, 0.25) is 0 Å². The highest BCUT2D eigenvalue weighted by atomic mass is 19.2. The molecule has 0 aliphatic heterocycles. The van der Waals surface area contributed by atoms with E-state index in [2.05, 4.69) is 25.3 Å². The number of carbonyl (C=O) groups excluding carboxylic acids is 3.